The van der Waals surface area contributed by atoms with E-state index >= 15 is 0 Å². The number of carboxylic acid groups (broad SMARTS) is 1. The van der Waals surface area contributed by atoms with Crippen LogP contribution >= 0.6 is 0 Å². The third-order valence-corrected chi connectivity index (χ3v) is 5.13. The van der Waals surface area contributed by atoms with Crippen LogP contribution in [0.1, 0.15) is 18.9 Å². The fourth-order valence-corrected chi connectivity index (χ4v) is 3.10. The van der Waals surface area contributed by atoms with Crippen LogP contribution in [-0.2, 0) is 25.5 Å². The topological polar surface area (TPSA) is 165 Å². The molecule has 2 rings (SSSR count). The van der Waals surface area contributed by atoms with Crippen molar-refractivity contribution in [1.82, 2.24) is 9.80 Å². The minimum atomic E-state index is -1.68. The summed E-state index contributed by atoms with van der Waals surface area (Å²) in [6.07, 6.45) is -7.48. The van der Waals surface area contributed by atoms with Gasteiger partial charge in [0.2, 0.25) is 6.29 Å². The number of amides is 2. The van der Waals surface area contributed by atoms with E-state index in [1.54, 1.807) is 19.1 Å². The summed E-state index contributed by atoms with van der Waals surface area (Å²) in [5.41, 5.74) is 0.412. The Morgan fingerprint density at radius 2 is 1.80 bits per heavy atom. The van der Waals surface area contributed by atoms with Gasteiger partial charge in [-0.1, -0.05) is 0 Å². The quantitative estimate of drug-likeness (QED) is 0.377. The lowest BCUT2D eigenvalue weighted by molar-refractivity contribution is -0.228. The molecule has 0 aromatic heterocycles. The first-order valence-corrected chi connectivity index (χ1v) is 10.7. The van der Waals surface area contributed by atoms with E-state index in [1.165, 1.54) is 30.0 Å². The van der Waals surface area contributed by atoms with Crippen LogP contribution in [0.25, 0.3) is 0 Å². The minimum absolute atomic E-state index is 0.143. The van der Waals surface area contributed by atoms with Crippen molar-refractivity contribution in [3.05, 3.63) is 23.8 Å². The van der Waals surface area contributed by atoms with Crippen LogP contribution in [0.15, 0.2) is 18.2 Å². The molecule has 1 aromatic carbocycles. The average molecular weight is 496 g/mol. The van der Waals surface area contributed by atoms with Crippen LogP contribution < -0.4 is 9.47 Å². The molecule has 2 radical (unpaired) electrons. The summed E-state index contributed by atoms with van der Waals surface area (Å²) in [5, 5.41) is 29.1. The number of rotatable bonds is 10. The van der Waals surface area contributed by atoms with E-state index in [1.807, 2.05) is 0 Å². The molecule has 192 valence electrons. The van der Waals surface area contributed by atoms with Crippen molar-refractivity contribution < 1.29 is 53.3 Å². The largest absolute Gasteiger partial charge is 0.528 e. The van der Waals surface area contributed by atoms with E-state index in [0.29, 0.717) is 17.9 Å². The third kappa shape index (κ3) is 7.91. The fourth-order valence-electron chi connectivity index (χ4n) is 3.10. The maximum absolute atomic E-state index is 12.4. The molecule has 1 fully saturated rings. The van der Waals surface area contributed by atoms with Gasteiger partial charge in [0.05, 0.1) is 12.7 Å². The highest BCUT2D eigenvalue weighted by Crippen LogP contribution is 2.30. The standard InChI is InChI=1S/C21H29BN2O11/c1-4-31-13-6-5-12(11-32-20(29)23(2)7-8-24(3)21(30)35-22)15(9-13)33-16-10-14(25)17(26)18(34-16)19(27)28/h5-6,9,14,16-18,25-26H,4,7-8,10-11H2,1-3H3,(H,27,28)/t14-,16-,17+,18+/m1/s1. The predicted octanol–water partition coefficient (Wildman–Crippen LogP) is 0.106. The number of aliphatic hydroxyl groups excluding tert-OH is 2. The van der Waals surface area contributed by atoms with Gasteiger partial charge in [-0.15, -0.1) is 0 Å². The Kier molecular flexibility index (Phi) is 10.4. The van der Waals surface area contributed by atoms with E-state index < -0.39 is 42.8 Å². The first-order valence-electron chi connectivity index (χ1n) is 10.7. The van der Waals surface area contributed by atoms with Crippen LogP contribution in [0.3, 0.4) is 0 Å². The van der Waals surface area contributed by atoms with Gasteiger partial charge in [-0.2, -0.15) is 0 Å². The number of carbonyl (C=O) groups is 3. The molecule has 0 unspecified atom stereocenters. The molecule has 14 heteroatoms. The molecule has 1 heterocycles. The molecule has 1 saturated heterocycles. The van der Waals surface area contributed by atoms with Gasteiger partial charge in [0.25, 0.3) is 0 Å². The van der Waals surface area contributed by atoms with Gasteiger partial charge in [0.15, 0.2) is 6.10 Å². The van der Waals surface area contributed by atoms with Crippen LogP contribution in [-0.4, -0.2) is 110 Å². The number of ether oxygens (including phenoxy) is 4. The fraction of sp³-hybridized carbons (Fsp3) is 0.571. The van der Waals surface area contributed by atoms with Gasteiger partial charge in [0.1, 0.15) is 24.2 Å². The highest BCUT2D eigenvalue weighted by atomic mass is 16.7. The Bertz CT molecular complexity index is 887. The van der Waals surface area contributed by atoms with E-state index in [9.17, 15) is 29.7 Å². The minimum Gasteiger partial charge on any atom is -0.528 e. The number of nitrogens with zero attached hydrogens (tertiary/aromatic N) is 2. The molecule has 0 bridgehead atoms. The highest BCUT2D eigenvalue weighted by Gasteiger charge is 2.42. The number of aliphatic carboxylic acids is 1. The lowest BCUT2D eigenvalue weighted by Gasteiger charge is -2.35. The van der Waals surface area contributed by atoms with Crippen molar-refractivity contribution in [2.75, 3.05) is 33.8 Å². The molecule has 35 heavy (non-hydrogen) atoms. The molecule has 0 aliphatic carbocycles. The van der Waals surface area contributed by atoms with E-state index in [0.717, 1.165) is 0 Å². The zero-order chi connectivity index (χ0) is 26.1. The molecule has 1 aliphatic rings. The van der Waals surface area contributed by atoms with Crippen LogP contribution in [0.5, 0.6) is 11.5 Å². The SMILES string of the molecule is [B]OC(=O)N(C)CCN(C)C(=O)OCc1ccc(OCC)cc1O[C@H]1C[C@@H](O)[C@H](O)[C@@H](C(=O)O)O1. The summed E-state index contributed by atoms with van der Waals surface area (Å²) in [5.74, 6) is -0.833. The van der Waals surface area contributed by atoms with E-state index in [2.05, 4.69) is 4.65 Å². The summed E-state index contributed by atoms with van der Waals surface area (Å²) in [4.78, 5) is 37.5. The maximum Gasteiger partial charge on any atom is 0.409 e. The Morgan fingerprint density at radius 3 is 2.40 bits per heavy atom. The molecule has 0 spiro atoms. The molecule has 1 aromatic rings. The average Bonchev–Trinajstić information content (AvgIpc) is 2.83. The Labute approximate surface area is 203 Å². The van der Waals surface area contributed by atoms with Crippen molar-refractivity contribution in [2.45, 2.75) is 44.6 Å². The molecule has 0 saturated carbocycles. The Balaban J connectivity index is 2.07. The molecule has 3 N–H and O–H groups in total. The van der Waals surface area contributed by atoms with Crippen molar-refractivity contribution in [2.24, 2.45) is 0 Å². The number of benzene rings is 1. The number of carboxylic acids is 1. The van der Waals surface area contributed by atoms with Gasteiger partial charge in [0, 0.05) is 45.2 Å². The van der Waals surface area contributed by atoms with E-state index in [4.69, 9.17) is 27.0 Å². The van der Waals surface area contributed by atoms with Crippen molar-refractivity contribution in [3.63, 3.8) is 0 Å². The number of hydrogen-bond donors (Lipinski definition) is 3. The first-order chi connectivity index (χ1) is 16.6. The lowest BCUT2D eigenvalue weighted by Crippen LogP contribution is -2.53. The van der Waals surface area contributed by atoms with Crippen LogP contribution in [0.4, 0.5) is 9.59 Å². The maximum atomic E-state index is 12.4. The normalized spacial score (nSPS) is 21.5. The summed E-state index contributed by atoms with van der Waals surface area (Å²) in [6, 6.07) is 4.75. The van der Waals surface area contributed by atoms with E-state index in [-0.39, 0.29) is 31.9 Å². The van der Waals surface area contributed by atoms with Gasteiger partial charge in [-0.05, 0) is 19.1 Å². The summed E-state index contributed by atoms with van der Waals surface area (Å²) in [7, 11) is 7.75. The Hall–Kier alpha value is -3.23. The number of hydrogen-bond acceptors (Lipinski definition) is 10. The monoisotopic (exact) mass is 496 g/mol. The number of likely N-dealkylation sites (N-methyl/N-ethyl adjacent to an activating group) is 2. The molecule has 4 atom stereocenters. The molecule has 2 amide bonds. The van der Waals surface area contributed by atoms with Gasteiger partial charge in [-0.25, -0.2) is 14.4 Å². The second-order valence-electron chi connectivity index (χ2n) is 7.72. The summed E-state index contributed by atoms with van der Waals surface area (Å²) >= 11 is 0. The van der Waals surface area contributed by atoms with Crippen molar-refractivity contribution in [3.8, 4) is 11.5 Å². The number of carbonyl (C=O) groups excluding carboxylic acids is 2. The third-order valence-electron chi connectivity index (χ3n) is 5.13. The van der Waals surface area contributed by atoms with Crippen LogP contribution in [0.2, 0.25) is 0 Å². The Morgan fingerprint density at radius 1 is 1.14 bits per heavy atom. The lowest BCUT2D eigenvalue weighted by atomic mass is 10.0. The first kappa shape index (κ1) is 28.0. The molecular weight excluding hydrogens is 467 g/mol. The predicted molar refractivity (Wildman–Crippen MR) is 119 cm³/mol. The zero-order valence-electron chi connectivity index (χ0n) is 19.7. The van der Waals surface area contributed by atoms with Gasteiger partial charge < -0.3 is 48.7 Å². The molecule has 1 aliphatic heterocycles. The summed E-state index contributed by atoms with van der Waals surface area (Å²) < 4.78 is 26.0. The number of aliphatic hydroxyl groups is 2. The van der Waals surface area contributed by atoms with Gasteiger partial charge >= 0.3 is 26.2 Å². The molecule has 13 nitrogen and oxygen atoms in total. The highest BCUT2D eigenvalue weighted by molar-refractivity contribution is 6.04. The zero-order valence-corrected chi connectivity index (χ0v) is 19.7. The smallest absolute Gasteiger partial charge is 0.409 e. The second kappa shape index (κ2) is 13.0. The van der Waals surface area contributed by atoms with Crippen LogP contribution in [0, 0.1) is 0 Å². The summed E-state index contributed by atoms with van der Waals surface area (Å²) in [6.45, 7) is 2.24. The second-order valence-corrected chi connectivity index (χ2v) is 7.72. The van der Waals surface area contributed by atoms with Crippen molar-refractivity contribution in [1.29, 1.82) is 0 Å². The molecular formula is C21H29BN2O11. The van der Waals surface area contributed by atoms with Gasteiger partial charge in [-0.3, -0.25) is 0 Å². The van der Waals surface area contributed by atoms with Crippen molar-refractivity contribution >= 4 is 26.2 Å².